The van der Waals surface area contributed by atoms with Crippen LogP contribution in [0.15, 0.2) is 36.5 Å². The Hall–Kier alpha value is -2.03. The van der Waals surface area contributed by atoms with Crippen LogP contribution in [0, 0.1) is 13.8 Å². The summed E-state index contributed by atoms with van der Waals surface area (Å²) in [5, 5.41) is 3.50. The third-order valence-corrected chi connectivity index (χ3v) is 3.73. The molecule has 124 valence electrons. The van der Waals surface area contributed by atoms with Gasteiger partial charge in [0.2, 0.25) is 0 Å². The van der Waals surface area contributed by atoms with Crippen LogP contribution < -0.4 is 10.1 Å². The van der Waals surface area contributed by atoms with Crippen molar-refractivity contribution < 1.29 is 4.74 Å². The predicted octanol–water partition coefficient (Wildman–Crippen LogP) is 4.92. The van der Waals surface area contributed by atoms with E-state index in [2.05, 4.69) is 70.0 Å². The Morgan fingerprint density at radius 3 is 2.52 bits per heavy atom. The third-order valence-electron chi connectivity index (χ3n) is 3.73. The minimum Gasteiger partial charge on any atom is -0.488 e. The van der Waals surface area contributed by atoms with Gasteiger partial charge in [0.1, 0.15) is 17.2 Å². The molecule has 0 radical (unpaired) electrons. The Morgan fingerprint density at radius 2 is 1.87 bits per heavy atom. The zero-order valence-electron chi connectivity index (χ0n) is 15.1. The summed E-state index contributed by atoms with van der Waals surface area (Å²) in [5.74, 6) is 1.93. The van der Waals surface area contributed by atoms with Crippen molar-refractivity contribution in [2.24, 2.45) is 0 Å². The van der Waals surface area contributed by atoms with Gasteiger partial charge in [-0.25, -0.2) is 4.98 Å². The molecule has 0 spiro atoms. The maximum Gasteiger partial charge on any atom is 0.129 e. The molecule has 1 N–H and O–H groups in total. The Morgan fingerprint density at radius 1 is 1.13 bits per heavy atom. The van der Waals surface area contributed by atoms with Gasteiger partial charge in [0.25, 0.3) is 0 Å². The van der Waals surface area contributed by atoms with Gasteiger partial charge in [-0.2, -0.15) is 0 Å². The first-order chi connectivity index (χ1) is 10.8. The summed E-state index contributed by atoms with van der Waals surface area (Å²) >= 11 is 0. The van der Waals surface area contributed by atoms with Gasteiger partial charge in [-0.3, -0.25) is 0 Å². The van der Waals surface area contributed by atoms with Crippen LogP contribution in [0.4, 0.5) is 5.82 Å². The topological polar surface area (TPSA) is 34.2 Å². The zero-order chi connectivity index (χ0) is 17.0. The lowest BCUT2D eigenvalue weighted by Gasteiger charge is -2.24. The van der Waals surface area contributed by atoms with Gasteiger partial charge < -0.3 is 10.1 Å². The van der Waals surface area contributed by atoms with Crippen LogP contribution in [-0.2, 0) is 6.42 Å². The summed E-state index contributed by atoms with van der Waals surface area (Å²) in [4.78, 5) is 4.41. The number of aryl methyl sites for hydroxylation is 1. The summed E-state index contributed by atoms with van der Waals surface area (Å²) in [6.07, 6.45) is 2.76. The second-order valence-corrected chi connectivity index (χ2v) is 7.17. The molecule has 1 atom stereocenters. The van der Waals surface area contributed by atoms with Crippen molar-refractivity contribution in [2.45, 2.75) is 59.6 Å². The van der Waals surface area contributed by atoms with Gasteiger partial charge >= 0.3 is 0 Å². The van der Waals surface area contributed by atoms with Gasteiger partial charge in [-0.1, -0.05) is 18.2 Å². The molecule has 0 amide bonds. The molecule has 0 aliphatic rings. The Kier molecular flexibility index (Phi) is 5.30. The highest BCUT2D eigenvalue weighted by Crippen LogP contribution is 2.26. The molecule has 3 heteroatoms. The fraction of sp³-hybridized carbons (Fsp3) is 0.450. The normalized spacial score (nSPS) is 12.8. The first-order valence-electron chi connectivity index (χ1n) is 8.22. The van der Waals surface area contributed by atoms with E-state index < -0.39 is 0 Å². The van der Waals surface area contributed by atoms with Crippen molar-refractivity contribution in [3.63, 3.8) is 0 Å². The standard InChI is InChI=1S/C20H28N2O/c1-14-9-8-12-21-19(14)22-15(2)13-17-10-7-11-18(16(17)3)23-20(4,5)6/h7-12,15H,13H2,1-6H3,(H,21,22). The van der Waals surface area contributed by atoms with Crippen LogP contribution >= 0.6 is 0 Å². The van der Waals surface area contributed by atoms with E-state index in [-0.39, 0.29) is 5.60 Å². The number of hydrogen-bond acceptors (Lipinski definition) is 3. The van der Waals surface area contributed by atoms with E-state index in [4.69, 9.17) is 4.74 Å². The highest BCUT2D eigenvalue weighted by atomic mass is 16.5. The van der Waals surface area contributed by atoms with Crippen molar-refractivity contribution in [1.29, 1.82) is 0 Å². The largest absolute Gasteiger partial charge is 0.488 e. The minimum atomic E-state index is -0.182. The average molecular weight is 312 g/mol. The van der Waals surface area contributed by atoms with Gasteiger partial charge in [0, 0.05) is 12.2 Å². The number of anilines is 1. The highest BCUT2D eigenvalue weighted by molar-refractivity contribution is 5.45. The number of rotatable bonds is 5. The molecule has 23 heavy (non-hydrogen) atoms. The highest BCUT2D eigenvalue weighted by Gasteiger charge is 2.15. The van der Waals surface area contributed by atoms with Gasteiger partial charge in [0.05, 0.1) is 0 Å². The van der Waals surface area contributed by atoms with Crippen LogP contribution in [0.2, 0.25) is 0 Å². The molecular formula is C20H28N2O. The molecule has 0 bridgehead atoms. The Labute approximate surface area is 140 Å². The summed E-state index contributed by atoms with van der Waals surface area (Å²) in [7, 11) is 0. The maximum atomic E-state index is 6.06. The van der Waals surface area contributed by atoms with E-state index in [1.807, 2.05) is 18.3 Å². The predicted molar refractivity (Wildman–Crippen MR) is 97.3 cm³/mol. The fourth-order valence-corrected chi connectivity index (χ4v) is 2.57. The number of ether oxygens (including phenoxy) is 1. The van der Waals surface area contributed by atoms with E-state index in [9.17, 15) is 0 Å². The number of nitrogens with one attached hydrogen (secondary N) is 1. The Balaban J connectivity index is 2.11. The molecule has 1 aromatic heterocycles. The molecule has 1 unspecified atom stereocenters. The van der Waals surface area contributed by atoms with E-state index in [0.29, 0.717) is 6.04 Å². The van der Waals surface area contributed by atoms with Crippen LogP contribution in [0.3, 0.4) is 0 Å². The number of benzene rings is 1. The van der Waals surface area contributed by atoms with Crippen molar-refractivity contribution in [1.82, 2.24) is 4.98 Å². The van der Waals surface area contributed by atoms with E-state index in [1.54, 1.807) is 0 Å². The first kappa shape index (κ1) is 17.3. The number of nitrogens with zero attached hydrogens (tertiary/aromatic N) is 1. The maximum absolute atomic E-state index is 6.06. The van der Waals surface area contributed by atoms with Crippen molar-refractivity contribution >= 4 is 5.82 Å². The van der Waals surface area contributed by atoms with Gasteiger partial charge in [0.15, 0.2) is 0 Å². The average Bonchev–Trinajstić information content (AvgIpc) is 2.44. The number of pyridine rings is 1. The number of aromatic nitrogens is 1. The molecule has 3 nitrogen and oxygen atoms in total. The van der Waals surface area contributed by atoms with Crippen LogP contribution in [0.25, 0.3) is 0 Å². The molecular weight excluding hydrogens is 284 g/mol. The number of hydrogen-bond donors (Lipinski definition) is 1. The second-order valence-electron chi connectivity index (χ2n) is 7.17. The molecule has 2 aromatic rings. The molecule has 0 saturated heterocycles. The van der Waals surface area contributed by atoms with Crippen LogP contribution in [0.1, 0.15) is 44.4 Å². The summed E-state index contributed by atoms with van der Waals surface area (Å²) < 4.78 is 6.06. The molecule has 1 heterocycles. The van der Waals surface area contributed by atoms with Crippen molar-refractivity contribution in [2.75, 3.05) is 5.32 Å². The first-order valence-corrected chi connectivity index (χ1v) is 8.22. The molecule has 0 saturated carbocycles. The quantitative estimate of drug-likeness (QED) is 0.851. The molecule has 1 aromatic carbocycles. The van der Waals surface area contributed by atoms with Gasteiger partial charge in [-0.15, -0.1) is 0 Å². The van der Waals surface area contributed by atoms with E-state index in [0.717, 1.165) is 18.0 Å². The lowest BCUT2D eigenvalue weighted by atomic mass is 10.0. The summed E-state index contributed by atoms with van der Waals surface area (Å²) in [6, 6.07) is 10.6. The molecule has 0 aliphatic carbocycles. The molecule has 2 rings (SSSR count). The van der Waals surface area contributed by atoms with E-state index in [1.165, 1.54) is 16.7 Å². The minimum absolute atomic E-state index is 0.182. The molecule has 0 fully saturated rings. The smallest absolute Gasteiger partial charge is 0.129 e. The van der Waals surface area contributed by atoms with E-state index >= 15 is 0 Å². The zero-order valence-corrected chi connectivity index (χ0v) is 15.1. The van der Waals surface area contributed by atoms with Crippen LogP contribution in [0.5, 0.6) is 5.75 Å². The lowest BCUT2D eigenvalue weighted by molar-refractivity contribution is 0.129. The monoisotopic (exact) mass is 312 g/mol. The van der Waals surface area contributed by atoms with Crippen molar-refractivity contribution in [3.8, 4) is 5.75 Å². The second kappa shape index (κ2) is 7.03. The Bertz CT molecular complexity index is 659. The summed E-state index contributed by atoms with van der Waals surface area (Å²) in [6.45, 7) is 12.6. The summed E-state index contributed by atoms with van der Waals surface area (Å²) in [5.41, 5.74) is 3.51. The van der Waals surface area contributed by atoms with Gasteiger partial charge in [-0.05, 0) is 76.8 Å². The lowest BCUT2D eigenvalue weighted by Crippen LogP contribution is -2.24. The fourth-order valence-electron chi connectivity index (χ4n) is 2.57. The van der Waals surface area contributed by atoms with Crippen molar-refractivity contribution in [3.05, 3.63) is 53.2 Å². The van der Waals surface area contributed by atoms with Crippen LogP contribution in [-0.4, -0.2) is 16.6 Å². The third kappa shape index (κ3) is 4.98. The molecule has 0 aliphatic heterocycles. The SMILES string of the molecule is Cc1cccnc1NC(C)Cc1cccc(OC(C)(C)C)c1C.